The molecule has 21 heavy (non-hydrogen) atoms. The van der Waals surface area contributed by atoms with Crippen molar-refractivity contribution in [3.8, 4) is 0 Å². The smallest absolute Gasteiger partial charge is 0.252 e. The number of rotatable bonds is 6. The monoisotopic (exact) mass is 287 g/mol. The Morgan fingerprint density at radius 3 is 2.57 bits per heavy atom. The summed E-state index contributed by atoms with van der Waals surface area (Å²) in [7, 11) is 0. The number of amides is 1. The fraction of sp³-hybridized carbons (Fsp3) is 0.250. The molecule has 0 atom stereocenters. The average Bonchev–Trinajstić information content (AvgIpc) is 2.50. The van der Waals surface area contributed by atoms with E-state index in [0.29, 0.717) is 18.5 Å². The van der Waals surface area contributed by atoms with Crippen molar-refractivity contribution < 1.29 is 9.18 Å². The Hall–Kier alpha value is -2.43. The van der Waals surface area contributed by atoms with Gasteiger partial charge in [0.2, 0.25) is 0 Å². The molecule has 0 saturated heterocycles. The zero-order valence-corrected chi connectivity index (χ0v) is 11.9. The minimum Gasteiger partial charge on any atom is -0.370 e. The molecule has 0 spiro atoms. The molecule has 0 unspecified atom stereocenters. The van der Waals surface area contributed by atoms with Gasteiger partial charge in [-0.3, -0.25) is 4.79 Å². The van der Waals surface area contributed by atoms with Gasteiger partial charge in [0.25, 0.3) is 5.91 Å². The third-order valence-electron chi connectivity index (χ3n) is 3.00. The van der Waals surface area contributed by atoms with Crippen LogP contribution in [0, 0.1) is 5.82 Å². The third-order valence-corrected chi connectivity index (χ3v) is 3.00. The Morgan fingerprint density at radius 1 is 1.19 bits per heavy atom. The first-order valence-electron chi connectivity index (χ1n) is 6.91. The van der Waals surface area contributed by atoms with Gasteiger partial charge in [-0.25, -0.2) is 9.37 Å². The zero-order valence-electron chi connectivity index (χ0n) is 11.9. The number of carbonyl (C=O) groups is 1. The van der Waals surface area contributed by atoms with Gasteiger partial charge in [-0.05, 0) is 43.2 Å². The van der Waals surface area contributed by atoms with Crippen LogP contribution in [0.2, 0.25) is 0 Å². The highest BCUT2D eigenvalue weighted by atomic mass is 19.1. The number of hydrogen-bond acceptors (Lipinski definition) is 3. The molecule has 1 aromatic carbocycles. The summed E-state index contributed by atoms with van der Waals surface area (Å²) in [4.78, 5) is 16.1. The topological polar surface area (TPSA) is 54.0 Å². The van der Waals surface area contributed by atoms with Crippen LogP contribution >= 0.6 is 0 Å². The molecule has 2 N–H and O–H groups in total. The van der Waals surface area contributed by atoms with Gasteiger partial charge >= 0.3 is 0 Å². The van der Waals surface area contributed by atoms with E-state index < -0.39 is 0 Å². The zero-order chi connectivity index (χ0) is 15.1. The van der Waals surface area contributed by atoms with Gasteiger partial charge in [0.1, 0.15) is 11.6 Å². The molecule has 0 fully saturated rings. The fourth-order valence-corrected chi connectivity index (χ4v) is 1.89. The number of halogens is 1. The Bertz CT molecular complexity index is 581. The predicted molar refractivity (Wildman–Crippen MR) is 80.8 cm³/mol. The number of hydrogen-bond donors (Lipinski definition) is 2. The average molecular weight is 287 g/mol. The van der Waals surface area contributed by atoms with Crippen molar-refractivity contribution in [1.82, 2.24) is 10.3 Å². The van der Waals surface area contributed by atoms with Crippen molar-refractivity contribution in [2.24, 2.45) is 0 Å². The van der Waals surface area contributed by atoms with Gasteiger partial charge in [-0.1, -0.05) is 12.1 Å². The lowest BCUT2D eigenvalue weighted by Gasteiger charge is -2.06. The molecule has 0 bridgehead atoms. The van der Waals surface area contributed by atoms with Gasteiger partial charge in [-0.2, -0.15) is 0 Å². The minimum absolute atomic E-state index is 0.160. The Morgan fingerprint density at radius 2 is 1.95 bits per heavy atom. The molecule has 0 aliphatic rings. The second-order valence-electron chi connectivity index (χ2n) is 4.59. The van der Waals surface area contributed by atoms with Crippen LogP contribution in [0.15, 0.2) is 42.6 Å². The van der Waals surface area contributed by atoms with Gasteiger partial charge in [0, 0.05) is 19.3 Å². The van der Waals surface area contributed by atoms with Crippen molar-refractivity contribution in [2.75, 3.05) is 18.4 Å². The lowest BCUT2D eigenvalue weighted by Crippen LogP contribution is -2.25. The van der Waals surface area contributed by atoms with Crippen LogP contribution in [0.5, 0.6) is 0 Å². The second-order valence-corrected chi connectivity index (χ2v) is 4.59. The highest BCUT2D eigenvalue weighted by Crippen LogP contribution is 2.05. The quantitative estimate of drug-likeness (QED) is 0.858. The molecule has 0 aliphatic carbocycles. The number of nitrogens with zero attached hydrogens (tertiary/aromatic N) is 1. The van der Waals surface area contributed by atoms with Crippen LogP contribution in [-0.2, 0) is 6.42 Å². The molecule has 1 aromatic heterocycles. The van der Waals surface area contributed by atoms with E-state index in [-0.39, 0.29) is 11.7 Å². The van der Waals surface area contributed by atoms with Crippen LogP contribution in [0.4, 0.5) is 10.2 Å². The molecule has 110 valence electrons. The van der Waals surface area contributed by atoms with E-state index >= 15 is 0 Å². The summed E-state index contributed by atoms with van der Waals surface area (Å²) in [6.07, 6.45) is 2.21. The molecule has 0 saturated carbocycles. The molecule has 2 aromatic rings. The summed E-state index contributed by atoms with van der Waals surface area (Å²) in [6, 6.07) is 9.78. The first-order valence-corrected chi connectivity index (χ1v) is 6.91. The van der Waals surface area contributed by atoms with Gasteiger partial charge in [-0.15, -0.1) is 0 Å². The first-order chi connectivity index (χ1) is 10.2. The molecule has 2 rings (SSSR count). The molecular weight excluding hydrogens is 269 g/mol. The van der Waals surface area contributed by atoms with E-state index in [0.717, 1.165) is 17.9 Å². The maximum atomic E-state index is 12.8. The van der Waals surface area contributed by atoms with E-state index in [1.165, 1.54) is 12.1 Å². The van der Waals surface area contributed by atoms with Crippen LogP contribution in [-0.4, -0.2) is 24.0 Å². The summed E-state index contributed by atoms with van der Waals surface area (Å²) in [5.74, 6) is 0.336. The van der Waals surface area contributed by atoms with Gasteiger partial charge in [0.05, 0.1) is 5.56 Å². The number of benzene rings is 1. The Balaban J connectivity index is 1.82. The van der Waals surface area contributed by atoms with Crippen molar-refractivity contribution in [3.05, 3.63) is 59.5 Å². The summed E-state index contributed by atoms with van der Waals surface area (Å²) in [6.45, 7) is 3.27. The van der Waals surface area contributed by atoms with E-state index in [1.807, 2.05) is 6.92 Å². The number of aromatic nitrogens is 1. The highest BCUT2D eigenvalue weighted by molar-refractivity contribution is 5.94. The maximum Gasteiger partial charge on any atom is 0.252 e. The summed E-state index contributed by atoms with van der Waals surface area (Å²) in [5.41, 5.74) is 1.51. The van der Waals surface area contributed by atoms with Gasteiger partial charge in [0.15, 0.2) is 0 Å². The SMILES string of the molecule is CCNc1ccc(C(=O)NCCc2ccc(F)cc2)cn1. The second kappa shape index (κ2) is 7.38. The summed E-state index contributed by atoms with van der Waals surface area (Å²) >= 11 is 0. The van der Waals surface area contributed by atoms with Crippen molar-refractivity contribution >= 4 is 11.7 Å². The lowest BCUT2D eigenvalue weighted by molar-refractivity contribution is 0.0954. The normalized spacial score (nSPS) is 10.2. The highest BCUT2D eigenvalue weighted by Gasteiger charge is 2.05. The minimum atomic E-state index is -0.255. The van der Waals surface area contributed by atoms with Crippen LogP contribution in [0.3, 0.4) is 0 Å². The largest absolute Gasteiger partial charge is 0.370 e. The van der Waals surface area contributed by atoms with Crippen molar-refractivity contribution in [3.63, 3.8) is 0 Å². The van der Waals surface area contributed by atoms with Crippen molar-refractivity contribution in [2.45, 2.75) is 13.3 Å². The Kier molecular flexibility index (Phi) is 5.26. The predicted octanol–water partition coefficient (Wildman–Crippen LogP) is 2.63. The number of carbonyl (C=O) groups excluding carboxylic acids is 1. The van der Waals surface area contributed by atoms with E-state index in [9.17, 15) is 9.18 Å². The van der Waals surface area contributed by atoms with Gasteiger partial charge < -0.3 is 10.6 Å². The van der Waals surface area contributed by atoms with Crippen LogP contribution in [0.1, 0.15) is 22.8 Å². The third kappa shape index (κ3) is 4.56. The number of nitrogens with one attached hydrogen (secondary N) is 2. The number of pyridine rings is 1. The van der Waals surface area contributed by atoms with Crippen LogP contribution < -0.4 is 10.6 Å². The first kappa shape index (κ1) is 15.0. The Labute approximate surface area is 123 Å². The fourth-order valence-electron chi connectivity index (χ4n) is 1.89. The lowest BCUT2D eigenvalue weighted by atomic mass is 10.1. The molecule has 0 aliphatic heterocycles. The van der Waals surface area contributed by atoms with Crippen molar-refractivity contribution in [1.29, 1.82) is 0 Å². The van der Waals surface area contributed by atoms with E-state index in [1.54, 1.807) is 30.5 Å². The van der Waals surface area contributed by atoms with E-state index in [4.69, 9.17) is 0 Å². The standard InChI is InChI=1S/C16H18FN3O/c1-2-18-15-8-5-13(11-20-15)16(21)19-10-9-12-3-6-14(17)7-4-12/h3-8,11H,2,9-10H2,1H3,(H,18,20)(H,19,21). The molecular formula is C16H18FN3O. The van der Waals surface area contributed by atoms with E-state index in [2.05, 4.69) is 15.6 Å². The molecule has 4 nitrogen and oxygen atoms in total. The molecule has 1 amide bonds. The van der Waals surface area contributed by atoms with Crippen LogP contribution in [0.25, 0.3) is 0 Å². The maximum absolute atomic E-state index is 12.8. The summed E-state index contributed by atoms with van der Waals surface area (Å²) in [5, 5.41) is 5.89. The molecule has 1 heterocycles. The molecule has 5 heteroatoms. The summed E-state index contributed by atoms with van der Waals surface area (Å²) < 4.78 is 12.8. The number of anilines is 1. The molecule has 0 radical (unpaired) electrons.